The minimum Gasteiger partial charge on any atom is -0.246 e. The predicted molar refractivity (Wildman–Crippen MR) is 175 cm³/mol. The van der Waals surface area contributed by atoms with Gasteiger partial charge in [-0.05, 0) is 51.9 Å². The second-order valence-electron chi connectivity index (χ2n) is 10.6. The van der Waals surface area contributed by atoms with Crippen LogP contribution in [0.5, 0.6) is 0 Å². The quantitative estimate of drug-likeness (QED) is 0.197. The van der Waals surface area contributed by atoms with Crippen LogP contribution in [0, 0.1) is 0 Å². The van der Waals surface area contributed by atoms with Crippen molar-refractivity contribution in [2.24, 2.45) is 0 Å². The van der Waals surface area contributed by atoms with Gasteiger partial charge in [-0.15, -0.1) is 0 Å². The normalized spacial score (nSPS) is 11.9. The second kappa shape index (κ2) is 9.86. The number of nitrogens with zero attached hydrogens (tertiary/aromatic N) is 2. The average Bonchev–Trinajstić information content (AvgIpc) is 3.08. The minimum atomic E-state index is -3.76. The molecule has 0 unspecified atom stereocenters. The van der Waals surface area contributed by atoms with Gasteiger partial charge in [0.15, 0.2) is 5.03 Å². The Morgan fingerprint density at radius 1 is 0.442 bits per heavy atom. The van der Waals surface area contributed by atoms with E-state index in [1.54, 1.807) is 42.5 Å². The third-order valence-corrected chi connectivity index (χ3v) is 9.74. The van der Waals surface area contributed by atoms with Crippen LogP contribution in [-0.4, -0.2) is 18.4 Å². The molecule has 0 N–H and O–H groups in total. The van der Waals surface area contributed by atoms with E-state index in [1.807, 2.05) is 30.3 Å². The number of hydrogen-bond donors (Lipinski definition) is 0. The third-order valence-electron chi connectivity index (χ3n) is 8.07. The zero-order valence-electron chi connectivity index (χ0n) is 23.0. The van der Waals surface area contributed by atoms with Crippen LogP contribution >= 0.6 is 0 Å². The number of benzene rings is 6. The van der Waals surface area contributed by atoms with Crippen LogP contribution in [0.25, 0.3) is 65.7 Å². The first-order chi connectivity index (χ1) is 21.1. The SMILES string of the molecule is O=S(=O)(c1ccccc1)c1cccc(-c2ccc3c(c2)c(-c2ccccc2)nc2c4ccccc4c4ccccc4c32)n1. The van der Waals surface area contributed by atoms with Gasteiger partial charge in [-0.25, -0.2) is 18.4 Å². The van der Waals surface area contributed by atoms with Crippen LogP contribution in [0.2, 0.25) is 0 Å². The van der Waals surface area contributed by atoms with Crippen molar-refractivity contribution in [3.05, 3.63) is 146 Å². The second-order valence-corrected chi connectivity index (χ2v) is 12.5. The fourth-order valence-corrected chi connectivity index (χ4v) is 7.30. The van der Waals surface area contributed by atoms with E-state index in [-0.39, 0.29) is 9.92 Å². The third kappa shape index (κ3) is 4.09. The van der Waals surface area contributed by atoms with E-state index in [0.29, 0.717) is 5.69 Å². The molecule has 8 rings (SSSR count). The van der Waals surface area contributed by atoms with Crippen LogP contribution in [0.4, 0.5) is 0 Å². The summed E-state index contributed by atoms with van der Waals surface area (Å²) in [6.45, 7) is 0. The molecule has 0 saturated carbocycles. The van der Waals surface area contributed by atoms with Crippen molar-refractivity contribution in [2.45, 2.75) is 9.92 Å². The van der Waals surface area contributed by atoms with Gasteiger partial charge in [-0.1, -0.05) is 115 Å². The molecule has 2 aromatic heterocycles. The molecule has 4 nitrogen and oxygen atoms in total. The Morgan fingerprint density at radius 2 is 1.05 bits per heavy atom. The largest absolute Gasteiger partial charge is 0.246 e. The summed E-state index contributed by atoms with van der Waals surface area (Å²) in [6, 6.07) is 47.0. The Hall–Kier alpha value is -5.39. The minimum absolute atomic E-state index is 0.0219. The number of fused-ring (bicyclic) bond motifs is 8. The maximum atomic E-state index is 13.4. The molecule has 0 atom stereocenters. The molecule has 0 aliphatic rings. The molecule has 2 heterocycles. The zero-order chi connectivity index (χ0) is 29.0. The molecule has 0 radical (unpaired) electrons. The topological polar surface area (TPSA) is 59.9 Å². The number of hydrogen-bond acceptors (Lipinski definition) is 4. The van der Waals surface area contributed by atoms with Crippen LogP contribution in [0.15, 0.2) is 156 Å². The van der Waals surface area contributed by atoms with Gasteiger partial charge < -0.3 is 0 Å². The summed E-state index contributed by atoms with van der Waals surface area (Å²) in [5.74, 6) is 0. The van der Waals surface area contributed by atoms with Crippen molar-refractivity contribution in [3.63, 3.8) is 0 Å². The lowest BCUT2D eigenvalue weighted by atomic mass is 9.91. The molecule has 0 saturated heterocycles. The molecule has 0 spiro atoms. The molecular formula is C38H24N2O2S. The smallest absolute Gasteiger partial charge is 0.223 e. The summed E-state index contributed by atoms with van der Waals surface area (Å²) < 4.78 is 26.7. The Balaban J connectivity index is 1.43. The highest BCUT2D eigenvalue weighted by molar-refractivity contribution is 7.91. The molecule has 0 fully saturated rings. The summed E-state index contributed by atoms with van der Waals surface area (Å²) in [6.07, 6.45) is 0. The van der Waals surface area contributed by atoms with Gasteiger partial charge in [-0.2, -0.15) is 0 Å². The lowest BCUT2D eigenvalue weighted by molar-refractivity contribution is 0.592. The van der Waals surface area contributed by atoms with Crippen molar-refractivity contribution in [1.29, 1.82) is 0 Å². The van der Waals surface area contributed by atoms with Crippen LogP contribution < -0.4 is 0 Å². The van der Waals surface area contributed by atoms with Gasteiger partial charge in [0.2, 0.25) is 9.84 Å². The summed E-state index contributed by atoms with van der Waals surface area (Å²) in [5, 5.41) is 7.81. The molecule has 0 aliphatic carbocycles. The molecule has 0 bridgehead atoms. The van der Waals surface area contributed by atoms with Gasteiger partial charge in [0.1, 0.15) is 0 Å². The number of pyridine rings is 2. The van der Waals surface area contributed by atoms with Crippen LogP contribution in [-0.2, 0) is 9.84 Å². The highest BCUT2D eigenvalue weighted by atomic mass is 32.2. The van der Waals surface area contributed by atoms with E-state index < -0.39 is 9.84 Å². The van der Waals surface area contributed by atoms with E-state index in [9.17, 15) is 8.42 Å². The number of rotatable bonds is 4. The van der Waals surface area contributed by atoms with Crippen LogP contribution in [0.1, 0.15) is 0 Å². The molecule has 6 aromatic carbocycles. The first-order valence-corrected chi connectivity index (χ1v) is 15.6. The Morgan fingerprint density at radius 3 is 1.79 bits per heavy atom. The highest BCUT2D eigenvalue weighted by Crippen LogP contribution is 2.41. The van der Waals surface area contributed by atoms with Gasteiger partial charge >= 0.3 is 0 Å². The van der Waals surface area contributed by atoms with Crippen molar-refractivity contribution in [1.82, 2.24) is 9.97 Å². The molecule has 0 amide bonds. The van der Waals surface area contributed by atoms with Gasteiger partial charge in [-0.3, -0.25) is 0 Å². The molecule has 8 aromatic rings. The maximum Gasteiger partial charge on any atom is 0.223 e. The van der Waals surface area contributed by atoms with Gasteiger partial charge in [0.25, 0.3) is 0 Å². The fourth-order valence-electron chi connectivity index (χ4n) is 6.06. The lowest BCUT2D eigenvalue weighted by Gasteiger charge is -2.16. The summed E-state index contributed by atoms with van der Waals surface area (Å²) >= 11 is 0. The number of sulfone groups is 1. The van der Waals surface area contributed by atoms with Crippen molar-refractivity contribution < 1.29 is 8.42 Å². The van der Waals surface area contributed by atoms with E-state index in [1.165, 1.54) is 10.8 Å². The standard InChI is InChI=1S/C38H24N2O2S/c41-43(42,27-14-5-2-6-15-27)35-21-11-20-34(39-35)26-22-23-31-33(24-26)37(25-12-3-1-4-13-25)40-38-32-19-10-8-17-29(32)28-16-7-9-18-30(28)36(31)38/h1-24H. The Bertz CT molecular complexity index is 2460. The monoisotopic (exact) mass is 572 g/mol. The van der Waals surface area contributed by atoms with Crippen molar-refractivity contribution in [2.75, 3.05) is 0 Å². The van der Waals surface area contributed by atoms with Crippen LogP contribution in [0.3, 0.4) is 0 Å². The van der Waals surface area contributed by atoms with Crippen molar-refractivity contribution >= 4 is 53.1 Å². The number of aromatic nitrogens is 2. The first-order valence-electron chi connectivity index (χ1n) is 14.1. The maximum absolute atomic E-state index is 13.4. The molecular weight excluding hydrogens is 548 g/mol. The van der Waals surface area contributed by atoms with Crippen molar-refractivity contribution in [3.8, 4) is 22.5 Å². The van der Waals surface area contributed by atoms with E-state index in [4.69, 9.17) is 4.98 Å². The summed E-state index contributed by atoms with van der Waals surface area (Å²) in [7, 11) is -3.76. The molecule has 204 valence electrons. The summed E-state index contributed by atoms with van der Waals surface area (Å²) in [5.41, 5.74) is 4.25. The Kier molecular flexibility index (Phi) is 5.81. The average molecular weight is 573 g/mol. The molecule has 5 heteroatoms. The highest BCUT2D eigenvalue weighted by Gasteiger charge is 2.21. The zero-order valence-corrected chi connectivity index (χ0v) is 23.8. The van der Waals surface area contributed by atoms with Gasteiger partial charge in [0, 0.05) is 27.3 Å². The van der Waals surface area contributed by atoms with E-state index >= 15 is 0 Å². The predicted octanol–water partition coefficient (Wildman–Crippen LogP) is 9.26. The Labute approximate surface area is 248 Å². The van der Waals surface area contributed by atoms with E-state index in [2.05, 4.69) is 77.8 Å². The van der Waals surface area contributed by atoms with Gasteiger partial charge in [0.05, 0.1) is 21.8 Å². The molecule has 43 heavy (non-hydrogen) atoms. The first kappa shape index (κ1) is 25.3. The van der Waals surface area contributed by atoms with E-state index in [0.717, 1.165) is 49.3 Å². The summed E-state index contributed by atoms with van der Waals surface area (Å²) in [4.78, 5) is 10.2. The molecule has 0 aliphatic heterocycles. The lowest BCUT2D eigenvalue weighted by Crippen LogP contribution is -2.04. The fraction of sp³-hybridized carbons (Fsp3) is 0.